The van der Waals surface area contributed by atoms with E-state index in [1.54, 1.807) is 29.5 Å². The van der Waals surface area contributed by atoms with Gasteiger partial charge in [-0.2, -0.15) is 0 Å². The van der Waals surface area contributed by atoms with Gasteiger partial charge in [0.1, 0.15) is 11.5 Å². The largest absolute Gasteiger partial charge is 0.508 e. The Balaban J connectivity index is 1.37. The summed E-state index contributed by atoms with van der Waals surface area (Å²) < 4.78 is 1.11. The highest BCUT2D eigenvalue weighted by molar-refractivity contribution is 7.22. The van der Waals surface area contributed by atoms with Gasteiger partial charge >= 0.3 is 0 Å². The van der Waals surface area contributed by atoms with Crippen LogP contribution in [0.25, 0.3) is 20.5 Å². The van der Waals surface area contributed by atoms with Crippen molar-refractivity contribution in [2.24, 2.45) is 0 Å². The summed E-state index contributed by atoms with van der Waals surface area (Å²) in [6, 6.07) is 13.1. The number of aromatic hydroxyl groups is 2. The molecule has 0 aliphatic carbocycles. The number of phenols is 2. The highest BCUT2D eigenvalue weighted by atomic mass is 32.1. The number of carbonyl (C=O) groups excluding carboxylic acids is 1. The number of thiophene rings is 1. The Morgan fingerprint density at radius 3 is 2.09 bits per heavy atom. The minimum Gasteiger partial charge on any atom is -0.508 e. The summed E-state index contributed by atoms with van der Waals surface area (Å²) >= 11 is 1.72. The fourth-order valence-electron chi connectivity index (χ4n) is 4.70. The second kappa shape index (κ2) is 14.1. The summed E-state index contributed by atoms with van der Waals surface area (Å²) in [6.45, 7) is 2.97. The molecule has 0 unspecified atom stereocenters. The van der Waals surface area contributed by atoms with Crippen LogP contribution in [0, 0.1) is 0 Å². The van der Waals surface area contributed by atoms with E-state index in [9.17, 15) is 15.0 Å². The van der Waals surface area contributed by atoms with E-state index < -0.39 is 0 Å². The van der Waals surface area contributed by atoms with Crippen molar-refractivity contribution in [3.63, 3.8) is 0 Å². The first kappa shape index (κ1) is 27.1. The third-order valence-electron chi connectivity index (χ3n) is 6.71. The van der Waals surface area contributed by atoms with Gasteiger partial charge in [0.05, 0.1) is 0 Å². The number of aryl methyl sites for hydroxylation is 1. The monoisotopic (exact) mass is 495 g/mol. The van der Waals surface area contributed by atoms with Crippen molar-refractivity contribution in [3.8, 4) is 21.9 Å². The molecule has 35 heavy (non-hydrogen) atoms. The molecule has 0 radical (unpaired) electrons. The number of nitrogens with zero attached hydrogens (tertiary/aromatic N) is 1. The Kier molecular flexibility index (Phi) is 10.9. The molecule has 0 saturated heterocycles. The number of fused-ring (bicyclic) bond motifs is 1. The molecular formula is C30H41NO3S. The van der Waals surface area contributed by atoms with Crippen LogP contribution in [0.15, 0.2) is 42.5 Å². The van der Waals surface area contributed by atoms with E-state index in [2.05, 4.69) is 6.92 Å². The van der Waals surface area contributed by atoms with Crippen molar-refractivity contribution >= 4 is 27.3 Å². The zero-order valence-corrected chi connectivity index (χ0v) is 22.2. The number of phenolic OH excluding ortho intramolecular Hbond substituents is 2. The number of amides is 1. The first-order chi connectivity index (χ1) is 17.0. The topological polar surface area (TPSA) is 60.8 Å². The van der Waals surface area contributed by atoms with Crippen LogP contribution in [-0.2, 0) is 11.2 Å². The predicted molar refractivity (Wildman–Crippen MR) is 148 cm³/mol. The molecule has 2 aromatic carbocycles. The molecule has 1 amide bonds. The molecule has 0 saturated carbocycles. The maximum absolute atomic E-state index is 12.0. The Labute approximate surface area is 214 Å². The summed E-state index contributed by atoms with van der Waals surface area (Å²) in [7, 11) is 1.91. The first-order valence-corrected chi connectivity index (χ1v) is 14.1. The number of carbonyl (C=O) groups is 1. The van der Waals surface area contributed by atoms with Gasteiger partial charge in [-0.05, 0) is 84.7 Å². The predicted octanol–water partition coefficient (Wildman–Crippen LogP) is 8.29. The second-order valence-corrected chi connectivity index (χ2v) is 10.7. The third-order valence-corrected chi connectivity index (χ3v) is 7.95. The van der Waals surface area contributed by atoms with Crippen LogP contribution in [0.4, 0.5) is 0 Å². The van der Waals surface area contributed by atoms with Crippen LogP contribution in [0.5, 0.6) is 11.5 Å². The van der Waals surface area contributed by atoms with Crippen molar-refractivity contribution in [2.45, 2.75) is 84.0 Å². The van der Waals surface area contributed by atoms with Crippen LogP contribution < -0.4 is 0 Å². The Morgan fingerprint density at radius 2 is 1.43 bits per heavy atom. The van der Waals surface area contributed by atoms with E-state index in [0.29, 0.717) is 12.2 Å². The molecule has 0 atom stereocenters. The van der Waals surface area contributed by atoms with E-state index in [4.69, 9.17) is 0 Å². The van der Waals surface area contributed by atoms with E-state index in [-0.39, 0.29) is 11.7 Å². The van der Waals surface area contributed by atoms with Gasteiger partial charge in [0.15, 0.2) is 0 Å². The molecule has 0 aliphatic rings. The van der Waals surface area contributed by atoms with Gasteiger partial charge in [-0.15, -0.1) is 11.3 Å². The normalized spacial score (nSPS) is 11.3. The molecule has 190 valence electrons. The molecular weight excluding hydrogens is 454 g/mol. The zero-order valence-electron chi connectivity index (χ0n) is 21.4. The smallest absolute Gasteiger partial charge is 0.222 e. The van der Waals surface area contributed by atoms with Gasteiger partial charge in [-0.3, -0.25) is 4.79 Å². The Hall–Kier alpha value is -2.53. The Bertz CT molecular complexity index is 1060. The lowest BCUT2D eigenvalue weighted by atomic mass is 9.99. The summed E-state index contributed by atoms with van der Waals surface area (Å²) in [5.41, 5.74) is 2.48. The SMILES string of the molecule is CCCN(C)C(=O)CCCCCCCCCCCc1c(-c2ccc(O)cc2)sc2cc(O)ccc12. The van der Waals surface area contributed by atoms with E-state index >= 15 is 0 Å². The van der Waals surface area contributed by atoms with Crippen LogP contribution in [0.3, 0.4) is 0 Å². The minimum atomic E-state index is 0.280. The quantitative estimate of drug-likeness (QED) is 0.208. The van der Waals surface area contributed by atoms with E-state index in [0.717, 1.165) is 48.9 Å². The third kappa shape index (κ3) is 8.28. The van der Waals surface area contributed by atoms with Crippen LogP contribution in [0.1, 0.15) is 83.1 Å². The minimum absolute atomic E-state index is 0.280. The van der Waals surface area contributed by atoms with Gasteiger partial charge in [0, 0.05) is 29.6 Å². The van der Waals surface area contributed by atoms with Crippen molar-refractivity contribution in [1.29, 1.82) is 0 Å². The molecule has 3 rings (SSSR count). The molecule has 1 heterocycles. The fourth-order valence-corrected chi connectivity index (χ4v) is 5.99. The Morgan fingerprint density at radius 1 is 0.829 bits per heavy atom. The van der Waals surface area contributed by atoms with Gasteiger partial charge in [0.25, 0.3) is 0 Å². The van der Waals surface area contributed by atoms with Gasteiger partial charge in [0.2, 0.25) is 5.91 Å². The maximum Gasteiger partial charge on any atom is 0.222 e. The molecule has 2 N–H and O–H groups in total. The maximum atomic E-state index is 12.0. The zero-order chi connectivity index (χ0) is 25.0. The van der Waals surface area contributed by atoms with Gasteiger partial charge in [-0.1, -0.05) is 51.9 Å². The molecule has 0 aliphatic heterocycles. The standard InChI is InChI=1S/C30H41NO3S/c1-3-21-31(2)29(34)14-12-10-8-6-4-5-7-9-11-13-27-26-20-19-25(33)22-28(26)35-30(27)23-15-17-24(32)18-16-23/h15-20,22,32-33H,3-14,21H2,1-2H3. The second-order valence-electron chi connectivity index (χ2n) is 9.63. The van der Waals surface area contributed by atoms with Crippen LogP contribution in [0.2, 0.25) is 0 Å². The summed E-state index contributed by atoms with van der Waals surface area (Å²) in [5, 5.41) is 20.8. The lowest BCUT2D eigenvalue weighted by Gasteiger charge is -2.15. The lowest BCUT2D eigenvalue weighted by Crippen LogP contribution is -2.26. The number of hydrogen-bond donors (Lipinski definition) is 2. The van der Waals surface area contributed by atoms with Crippen molar-refractivity contribution in [3.05, 3.63) is 48.0 Å². The van der Waals surface area contributed by atoms with Crippen molar-refractivity contribution in [1.82, 2.24) is 4.90 Å². The van der Waals surface area contributed by atoms with E-state index in [1.165, 1.54) is 54.4 Å². The molecule has 1 aromatic heterocycles. The lowest BCUT2D eigenvalue weighted by molar-refractivity contribution is -0.130. The van der Waals surface area contributed by atoms with Crippen LogP contribution in [-0.4, -0.2) is 34.6 Å². The average molecular weight is 496 g/mol. The van der Waals surface area contributed by atoms with Crippen molar-refractivity contribution in [2.75, 3.05) is 13.6 Å². The molecule has 5 heteroatoms. The highest BCUT2D eigenvalue weighted by Crippen LogP contribution is 2.41. The number of benzene rings is 2. The highest BCUT2D eigenvalue weighted by Gasteiger charge is 2.14. The first-order valence-electron chi connectivity index (χ1n) is 13.3. The van der Waals surface area contributed by atoms with Crippen LogP contribution >= 0.6 is 11.3 Å². The summed E-state index contributed by atoms with van der Waals surface area (Å²) in [6.07, 6.45) is 13.6. The fraction of sp³-hybridized carbons (Fsp3) is 0.500. The molecule has 0 spiro atoms. The van der Waals surface area contributed by atoms with Crippen molar-refractivity contribution < 1.29 is 15.0 Å². The number of rotatable bonds is 15. The number of hydrogen-bond acceptors (Lipinski definition) is 4. The average Bonchev–Trinajstić information content (AvgIpc) is 3.20. The molecule has 4 nitrogen and oxygen atoms in total. The number of unbranched alkanes of at least 4 members (excludes halogenated alkanes) is 8. The molecule has 0 fully saturated rings. The van der Waals surface area contributed by atoms with E-state index in [1.807, 2.05) is 36.2 Å². The van der Waals surface area contributed by atoms with Gasteiger partial charge < -0.3 is 15.1 Å². The molecule has 0 bridgehead atoms. The summed E-state index contributed by atoms with van der Waals surface area (Å²) in [4.78, 5) is 15.1. The van der Waals surface area contributed by atoms with Gasteiger partial charge in [-0.25, -0.2) is 0 Å². The molecule has 3 aromatic rings. The summed E-state index contributed by atoms with van der Waals surface area (Å²) in [5.74, 6) is 0.871.